The molecule has 0 unspecified atom stereocenters. The van der Waals surface area contributed by atoms with E-state index in [1.807, 2.05) is 0 Å². The third-order valence-corrected chi connectivity index (χ3v) is 3.92. The van der Waals surface area contributed by atoms with Crippen molar-refractivity contribution in [3.8, 4) is 11.5 Å². The monoisotopic (exact) mass is 423 g/mol. The van der Waals surface area contributed by atoms with Gasteiger partial charge in [0.05, 0.1) is 16.9 Å². The molecular weight excluding hydrogens is 405 g/mol. The van der Waals surface area contributed by atoms with Crippen LogP contribution in [0, 0.1) is 0 Å². The summed E-state index contributed by atoms with van der Waals surface area (Å²) >= 11 is 0. The van der Waals surface area contributed by atoms with Crippen LogP contribution in [-0.2, 0) is 0 Å². The molecule has 0 atom stereocenters. The molecule has 7 N–H and O–H groups in total. The minimum atomic E-state index is -1.03. The van der Waals surface area contributed by atoms with Crippen LogP contribution in [0.25, 0.3) is 0 Å². The highest BCUT2D eigenvalue weighted by Gasteiger charge is 2.16. The average molecular weight is 424 g/mol. The number of carbonyl (C=O) groups is 1. The van der Waals surface area contributed by atoms with E-state index in [4.69, 9.17) is 16.6 Å². The molecule has 3 rings (SSSR count). The van der Waals surface area contributed by atoms with Crippen molar-refractivity contribution >= 4 is 59.2 Å². The highest BCUT2D eigenvalue weighted by molar-refractivity contribution is 5.89. The van der Waals surface area contributed by atoms with Crippen LogP contribution >= 0.6 is 24.8 Å². The second kappa shape index (κ2) is 9.07. The number of anilines is 5. The third kappa shape index (κ3) is 4.51. The van der Waals surface area contributed by atoms with Gasteiger partial charge in [0.25, 0.3) is 0 Å². The molecule has 0 aromatic heterocycles. The van der Waals surface area contributed by atoms with Crippen molar-refractivity contribution in [1.82, 2.24) is 0 Å². The number of hydrogen-bond acceptors (Lipinski definition) is 6. The lowest BCUT2D eigenvalue weighted by atomic mass is 10.1. The van der Waals surface area contributed by atoms with Gasteiger partial charge in [-0.15, -0.1) is 24.8 Å². The van der Waals surface area contributed by atoms with E-state index in [1.165, 1.54) is 24.3 Å². The van der Waals surface area contributed by atoms with Crippen molar-refractivity contribution in [2.24, 2.45) is 0 Å². The van der Waals surface area contributed by atoms with E-state index < -0.39 is 5.97 Å². The minimum Gasteiger partial charge on any atom is -0.506 e. The summed E-state index contributed by atoms with van der Waals surface area (Å²) in [6.45, 7) is 0. The van der Waals surface area contributed by atoms with Crippen LogP contribution in [0.15, 0.2) is 60.7 Å². The van der Waals surface area contributed by atoms with Crippen molar-refractivity contribution in [3.63, 3.8) is 0 Å². The van der Waals surface area contributed by atoms with Crippen LogP contribution < -0.4 is 16.4 Å². The van der Waals surface area contributed by atoms with Crippen molar-refractivity contribution in [3.05, 3.63) is 66.2 Å². The van der Waals surface area contributed by atoms with E-state index in [9.17, 15) is 15.0 Å². The fourth-order valence-electron chi connectivity index (χ4n) is 2.54. The van der Waals surface area contributed by atoms with Crippen molar-refractivity contribution < 1.29 is 20.1 Å². The Morgan fingerprint density at radius 1 is 0.714 bits per heavy atom. The molecule has 0 aliphatic carbocycles. The Hall–Kier alpha value is -3.29. The smallest absolute Gasteiger partial charge is 0.335 e. The number of halogens is 2. The number of hydrogen-bond donors (Lipinski definition) is 5. The number of benzene rings is 3. The summed E-state index contributed by atoms with van der Waals surface area (Å²) in [6.07, 6.45) is 0. The molecule has 7 nitrogen and oxygen atoms in total. The van der Waals surface area contributed by atoms with Gasteiger partial charge in [0, 0.05) is 29.2 Å². The molecule has 0 aliphatic rings. The molecule has 148 valence electrons. The van der Waals surface area contributed by atoms with Crippen LogP contribution in [0.1, 0.15) is 10.4 Å². The van der Waals surface area contributed by atoms with E-state index in [0.29, 0.717) is 17.1 Å². The Balaban J connectivity index is 0.00000196. The fraction of sp³-hybridized carbons (Fsp3) is 0. The summed E-state index contributed by atoms with van der Waals surface area (Å²) in [5.41, 5.74) is 13.7. The Labute approximate surface area is 173 Å². The summed E-state index contributed by atoms with van der Waals surface area (Å²) in [6, 6.07) is 15.7. The summed E-state index contributed by atoms with van der Waals surface area (Å²) in [5, 5.41) is 29.0. The van der Waals surface area contributed by atoms with E-state index in [-0.39, 0.29) is 53.3 Å². The highest BCUT2D eigenvalue weighted by Crippen LogP contribution is 2.39. The molecule has 0 amide bonds. The molecule has 9 heteroatoms. The average Bonchev–Trinajstić information content (AvgIpc) is 2.62. The van der Waals surface area contributed by atoms with Crippen LogP contribution in [0.3, 0.4) is 0 Å². The number of rotatable bonds is 4. The molecule has 3 aromatic rings. The first-order valence-electron chi connectivity index (χ1n) is 7.67. The quantitative estimate of drug-likeness (QED) is 0.312. The highest BCUT2D eigenvalue weighted by atomic mass is 35.5. The zero-order chi connectivity index (χ0) is 18.8. The van der Waals surface area contributed by atoms with Gasteiger partial charge in [-0.25, -0.2) is 4.79 Å². The normalized spacial score (nSPS) is 9.71. The van der Waals surface area contributed by atoms with Crippen molar-refractivity contribution in [1.29, 1.82) is 0 Å². The molecule has 0 saturated carbocycles. The lowest BCUT2D eigenvalue weighted by Crippen LogP contribution is -2.10. The zero-order valence-corrected chi connectivity index (χ0v) is 16.1. The van der Waals surface area contributed by atoms with Crippen LogP contribution in [-0.4, -0.2) is 21.3 Å². The number of nitrogens with zero attached hydrogens (tertiary/aromatic N) is 1. The second-order valence-corrected chi connectivity index (χ2v) is 5.67. The fourth-order valence-corrected chi connectivity index (χ4v) is 2.54. The van der Waals surface area contributed by atoms with Gasteiger partial charge in [-0.05, 0) is 48.5 Å². The predicted molar refractivity (Wildman–Crippen MR) is 115 cm³/mol. The maximum atomic E-state index is 11.1. The van der Waals surface area contributed by atoms with Gasteiger partial charge >= 0.3 is 5.97 Å². The van der Waals surface area contributed by atoms with Crippen LogP contribution in [0.2, 0.25) is 0 Å². The number of carboxylic acid groups (broad SMARTS) is 1. The maximum absolute atomic E-state index is 11.1. The lowest BCUT2D eigenvalue weighted by molar-refractivity contribution is 0.0697. The van der Waals surface area contributed by atoms with Gasteiger partial charge < -0.3 is 31.7 Å². The molecule has 3 aromatic carbocycles. The molecule has 0 heterocycles. The molecule has 0 saturated heterocycles. The molecule has 28 heavy (non-hydrogen) atoms. The van der Waals surface area contributed by atoms with Crippen LogP contribution in [0.5, 0.6) is 11.5 Å². The second-order valence-electron chi connectivity index (χ2n) is 5.67. The number of phenols is 2. The summed E-state index contributed by atoms with van der Waals surface area (Å²) in [5.74, 6) is -1.21. The largest absolute Gasteiger partial charge is 0.506 e. The van der Waals surface area contributed by atoms with E-state index in [0.717, 1.165) is 0 Å². The Morgan fingerprint density at radius 3 is 1.46 bits per heavy atom. The number of nitrogen functional groups attached to an aromatic ring is 2. The Kier molecular flexibility index (Phi) is 7.37. The molecule has 0 fully saturated rings. The van der Waals surface area contributed by atoms with Crippen LogP contribution in [0.4, 0.5) is 28.4 Å². The van der Waals surface area contributed by atoms with Gasteiger partial charge in [-0.3, -0.25) is 0 Å². The zero-order valence-electron chi connectivity index (χ0n) is 14.4. The number of aromatic hydroxyl groups is 2. The van der Waals surface area contributed by atoms with Gasteiger partial charge in [-0.2, -0.15) is 0 Å². The van der Waals surface area contributed by atoms with E-state index >= 15 is 0 Å². The first-order valence-corrected chi connectivity index (χ1v) is 7.67. The predicted octanol–water partition coefficient (Wildman–Crippen LogP) is 4.27. The maximum Gasteiger partial charge on any atom is 0.335 e. The molecule has 0 aliphatic heterocycles. The van der Waals surface area contributed by atoms with E-state index in [1.54, 1.807) is 41.3 Å². The number of aromatic carboxylic acids is 1. The minimum absolute atomic E-state index is 0. The number of nitrogens with two attached hydrogens (primary N) is 2. The third-order valence-electron chi connectivity index (χ3n) is 3.92. The Bertz CT molecular complexity index is 930. The van der Waals surface area contributed by atoms with Gasteiger partial charge in [0.15, 0.2) is 0 Å². The topological polar surface area (TPSA) is 133 Å². The molecule has 0 spiro atoms. The molecule has 0 radical (unpaired) electrons. The first-order chi connectivity index (χ1) is 12.4. The SMILES string of the molecule is Cl.Cl.Nc1ccc(N(c2ccc(C(=O)O)cc2)c2ccc(N)c(O)c2)cc1O. The number of carboxylic acids is 1. The summed E-state index contributed by atoms with van der Waals surface area (Å²) in [7, 11) is 0. The Morgan fingerprint density at radius 2 is 1.11 bits per heavy atom. The van der Waals surface area contributed by atoms with Gasteiger partial charge in [0.2, 0.25) is 0 Å². The molecular formula is C19H19Cl2N3O4. The summed E-state index contributed by atoms with van der Waals surface area (Å²) in [4.78, 5) is 12.8. The van der Waals surface area contributed by atoms with Crippen molar-refractivity contribution in [2.45, 2.75) is 0 Å². The van der Waals surface area contributed by atoms with Gasteiger partial charge in [-0.1, -0.05) is 0 Å². The number of phenolic OH excluding ortho intramolecular Hbond substituents is 2. The molecule has 0 bridgehead atoms. The van der Waals surface area contributed by atoms with Gasteiger partial charge in [0.1, 0.15) is 11.5 Å². The lowest BCUT2D eigenvalue weighted by Gasteiger charge is -2.26. The first kappa shape index (κ1) is 22.8. The van der Waals surface area contributed by atoms with Crippen molar-refractivity contribution in [2.75, 3.05) is 16.4 Å². The van der Waals surface area contributed by atoms with E-state index in [2.05, 4.69) is 0 Å². The summed E-state index contributed by atoms with van der Waals surface area (Å²) < 4.78 is 0. The standard InChI is InChI=1S/C19H17N3O4.2ClH/c20-15-7-5-13(9-17(15)23)22(14-6-8-16(21)18(24)10-14)12-3-1-11(2-4-12)19(25)26;;/h1-10,23-24H,20-21H2,(H,25,26);2*1H.